The molecule has 1 heterocycles. The van der Waals surface area contributed by atoms with E-state index >= 15 is 0 Å². The molecule has 0 aromatic heterocycles. The predicted octanol–water partition coefficient (Wildman–Crippen LogP) is 1.65. The van der Waals surface area contributed by atoms with Crippen molar-refractivity contribution in [2.45, 2.75) is 31.9 Å². The normalized spacial score (nSPS) is 27.6. The van der Waals surface area contributed by atoms with Gasteiger partial charge in [-0.3, -0.25) is 4.99 Å². The molecule has 0 amide bonds. The van der Waals surface area contributed by atoms with Crippen LogP contribution in [0.2, 0.25) is 0 Å². The standard InChI is InChI=1S/C13H19N3O/c1-12(2)11(15)16-13(3,8-17-12)9-5-4-6-10(14)7-9/h4-7H,8,14H2,1-3H3,(H2,15,16)/t13-/m0/s1. The number of nitrogens with zero attached hydrogens (tertiary/aromatic N) is 1. The molecule has 1 atom stereocenters. The van der Waals surface area contributed by atoms with E-state index in [1.165, 1.54) is 0 Å². The Morgan fingerprint density at radius 2 is 1.94 bits per heavy atom. The monoisotopic (exact) mass is 233 g/mol. The van der Waals surface area contributed by atoms with Gasteiger partial charge < -0.3 is 16.2 Å². The highest BCUT2D eigenvalue weighted by molar-refractivity contribution is 5.89. The predicted molar refractivity (Wildman–Crippen MR) is 69.9 cm³/mol. The fraction of sp³-hybridized carbons (Fsp3) is 0.462. The summed E-state index contributed by atoms with van der Waals surface area (Å²) in [4.78, 5) is 4.59. The van der Waals surface area contributed by atoms with Crippen molar-refractivity contribution in [2.75, 3.05) is 12.3 Å². The molecular formula is C13H19N3O. The number of rotatable bonds is 1. The Balaban J connectivity index is 2.42. The second-order valence-corrected chi connectivity index (χ2v) is 5.20. The Morgan fingerprint density at radius 1 is 1.24 bits per heavy atom. The molecule has 0 fully saturated rings. The van der Waals surface area contributed by atoms with Crippen LogP contribution in [0, 0.1) is 0 Å². The number of benzene rings is 1. The van der Waals surface area contributed by atoms with E-state index in [0.717, 1.165) is 11.3 Å². The van der Waals surface area contributed by atoms with Crippen LogP contribution in [0.25, 0.3) is 0 Å². The molecule has 1 aromatic carbocycles. The number of anilines is 1. The molecule has 1 aliphatic rings. The summed E-state index contributed by atoms with van der Waals surface area (Å²) in [6.07, 6.45) is 0. The maximum absolute atomic E-state index is 5.96. The first-order valence-corrected chi connectivity index (χ1v) is 5.69. The van der Waals surface area contributed by atoms with Gasteiger partial charge in [-0.15, -0.1) is 0 Å². The lowest BCUT2D eigenvalue weighted by molar-refractivity contribution is -0.00866. The Morgan fingerprint density at radius 3 is 2.53 bits per heavy atom. The minimum atomic E-state index is -0.486. The first kappa shape index (κ1) is 11.9. The Hall–Kier alpha value is -1.55. The summed E-state index contributed by atoms with van der Waals surface area (Å²) in [5, 5.41) is 0. The van der Waals surface area contributed by atoms with E-state index in [9.17, 15) is 0 Å². The van der Waals surface area contributed by atoms with Gasteiger partial charge >= 0.3 is 0 Å². The van der Waals surface area contributed by atoms with Crippen LogP contribution >= 0.6 is 0 Å². The topological polar surface area (TPSA) is 73.6 Å². The van der Waals surface area contributed by atoms with Crippen LogP contribution in [0.1, 0.15) is 26.3 Å². The average Bonchev–Trinajstić information content (AvgIpc) is 2.25. The Bertz CT molecular complexity index is 467. The minimum Gasteiger partial charge on any atom is -0.399 e. The van der Waals surface area contributed by atoms with Crippen molar-refractivity contribution < 1.29 is 4.74 Å². The third-order valence-electron chi connectivity index (χ3n) is 3.21. The van der Waals surface area contributed by atoms with Gasteiger partial charge in [-0.25, -0.2) is 0 Å². The number of ether oxygens (including phenoxy) is 1. The molecule has 1 aromatic rings. The zero-order valence-electron chi connectivity index (χ0n) is 10.5. The number of hydrogen-bond acceptors (Lipinski definition) is 4. The van der Waals surface area contributed by atoms with Gasteiger partial charge in [0.1, 0.15) is 17.0 Å². The molecule has 4 N–H and O–H groups in total. The molecule has 0 spiro atoms. The van der Waals surface area contributed by atoms with E-state index in [4.69, 9.17) is 16.2 Å². The van der Waals surface area contributed by atoms with Gasteiger partial charge in [0.2, 0.25) is 0 Å². The fourth-order valence-corrected chi connectivity index (χ4v) is 1.85. The lowest BCUT2D eigenvalue weighted by atomic mass is 9.90. The second-order valence-electron chi connectivity index (χ2n) is 5.20. The number of nitrogens with two attached hydrogens (primary N) is 2. The first-order valence-electron chi connectivity index (χ1n) is 5.69. The van der Waals surface area contributed by atoms with Gasteiger partial charge in [0.15, 0.2) is 0 Å². The number of nitrogen functional groups attached to an aromatic ring is 1. The summed E-state index contributed by atoms with van der Waals surface area (Å²) >= 11 is 0. The zero-order chi connectivity index (χ0) is 12.7. The molecule has 0 radical (unpaired) electrons. The smallest absolute Gasteiger partial charge is 0.127 e. The Kier molecular flexibility index (Phi) is 2.62. The van der Waals surface area contributed by atoms with E-state index in [1.807, 2.05) is 45.0 Å². The molecule has 0 aliphatic carbocycles. The fourth-order valence-electron chi connectivity index (χ4n) is 1.85. The van der Waals surface area contributed by atoms with Gasteiger partial charge in [0, 0.05) is 5.69 Å². The van der Waals surface area contributed by atoms with Crippen LogP contribution in [0.15, 0.2) is 29.3 Å². The molecule has 92 valence electrons. The van der Waals surface area contributed by atoms with Gasteiger partial charge in [0.25, 0.3) is 0 Å². The van der Waals surface area contributed by atoms with Crippen LogP contribution in [-0.2, 0) is 10.3 Å². The van der Waals surface area contributed by atoms with Crippen LogP contribution in [0.4, 0.5) is 5.69 Å². The minimum absolute atomic E-state index is 0.449. The average molecular weight is 233 g/mol. The summed E-state index contributed by atoms with van der Waals surface area (Å²) in [5.41, 5.74) is 12.6. The number of amidine groups is 1. The highest BCUT2D eigenvalue weighted by Gasteiger charge is 2.38. The molecule has 0 saturated heterocycles. The van der Waals surface area contributed by atoms with E-state index < -0.39 is 11.1 Å². The quantitative estimate of drug-likeness (QED) is 0.724. The van der Waals surface area contributed by atoms with Crippen molar-refractivity contribution in [1.82, 2.24) is 0 Å². The summed E-state index contributed by atoms with van der Waals surface area (Å²) in [6, 6.07) is 7.68. The molecular weight excluding hydrogens is 214 g/mol. The summed E-state index contributed by atoms with van der Waals surface area (Å²) in [7, 11) is 0. The third-order valence-corrected chi connectivity index (χ3v) is 3.21. The van der Waals surface area contributed by atoms with Gasteiger partial charge in [0.05, 0.1) is 6.61 Å². The zero-order valence-corrected chi connectivity index (χ0v) is 10.5. The number of aliphatic imine (C=N–C) groups is 1. The summed E-state index contributed by atoms with van der Waals surface area (Å²) in [6.45, 7) is 6.35. The Labute approximate surface area is 102 Å². The number of hydrogen-bond donors (Lipinski definition) is 2. The molecule has 2 rings (SSSR count). The van der Waals surface area contributed by atoms with E-state index in [0.29, 0.717) is 12.4 Å². The van der Waals surface area contributed by atoms with E-state index in [-0.39, 0.29) is 0 Å². The highest BCUT2D eigenvalue weighted by atomic mass is 16.5. The van der Waals surface area contributed by atoms with Crippen molar-refractivity contribution in [3.63, 3.8) is 0 Å². The lowest BCUT2D eigenvalue weighted by Crippen LogP contribution is -2.50. The van der Waals surface area contributed by atoms with Crippen LogP contribution in [-0.4, -0.2) is 18.0 Å². The highest BCUT2D eigenvalue weighted by Crippen LogP contribution is 2.33. The lowest BCUT2D eigenvalue weighted by Gasteiger charge is -2.38. The molecule has 0 saturated carbocycles. The van der Waals surface area contributed by atoms with Gasteiger partial charge in [-0.05, 0) is 38.5 Å². The molecule has 0 bridgehead atoms. The van der Waals surface area contributed by atoms with Crippen molar-refractivity contribution in [3.8, 4) is 0 Å². The van der Waals surface area contributed by atoms with E-state index in [2.05, 4.69) is 4.99 Å². The van der Waals surface area contributed by atoms with Gasteiger partial charge in [-0.2, -0.15) is 0 Å². The van der Waals surface area contributed by atoms with Crippen molar-refractivity contribution in [1.29, 1.82) is 0 Å². The molecule has 1 aliphatic heterocycles. The van der Waals surface area contributed by atoms with Crippen LogP contribution in [0.5, 0.6) is 0 Å². The molecule has 4 nitrogen and oxygen atoms in total. The molecule has 0 unspecified atom stereocenters. The maximum atomic E-state index is 5.96. The van der Waals surface area contributed by atoms with Gasteiger partial charge in [-0.1, -0.05) is 12.1 Å². The third kappa shape index (κ3) is 2.13. The van der Waals surface area contributed by atoms with Crippen LogP contribution in [0.3, 0.4) is 0 Å². The van der Waals surface area contributed by atoms with Crippen molar-refractivity contribution in [2.24, 2.45) is 10.7 Å². The molecule has 4 heteroatoms. The largest absolute Gasteiger partial charge is 0.399 e. The van der Waals surface area contributed by atoms with Crippen LogP contribution < -0.4 is 11.5 Å². The van der Waals surface area contributed by atoms with Crippen molar-refractivity contribution >= 4 is 11.5 Å². The second kappa shape index (κ2) is 3.74. The summed E-state index contributed by atoms with van der Waals surface area (Å²) < 4.78 is 5.79. The molecule has 17 heavy (non-hydrogen) atoms. The maximum Gasteiger partial charge on any atom is 0.127 e. The van der Waals surface area contributed by atoms with E-state index in [1.54, 1.807) is 0 Å². The SMILES string of the molecule is CC1(C)OC[C@@](C)(c2cccc(N)c2)N=C1N. The first-order chi connectivity index (χ1) is 7.83. The summed E-state index contributed by atoms with van der Waals surface area (Å²) in [5.74, 6) is 0.522. The van der Waals surface area contributed by atoms with Crippen molar-refractivity contribution in [3.05, 3.63) is 29.8 Å².